The van der Waals surface area contributed by atoms with E-state index in [0.717, 1.165) is 19.4 Å². The van der Waals surface area contributed by atoms with Crippen LogP contribution in [-0.4, -0.2) is 24.3 Å². The molecule has 1 aliphatic rings. The van der Waals surface area contributed by atoms with Gasteiger partial charge in [-0.3, -0.25) is 0 Å². The zero-order chi connectivity index (χ0) is 11.4. The molecule has 2 heterocycles. The summed E-state index contributed by atoms with van der Waals surface area (Å²) in [4.78, 5) is 4.10. The fraction of sp³-hybridized carbons (Fsp3) is 0.545. The second-order valence-electron chi connectivity index (χ2n) is 3.71. The predicted octanol–water partition coefficient (Wildman–Crippen LogP) is 3.08. The molecule has 0 N–H and O–H groups in total. The second kappa shape index (κ2) is 5.82. The summed E-state index contributed by atoms with van der Waals surface area (Å²) in [6.45, 7) is 1.80. The summed E-state index contributed by atoms with van der Waals surface area (Å²) in [7, 11) is 0. The van der Waals surface area contributed by atoms with Crippen LogP contribution in [0.25, 0.3) is 0 Å². The maximum atomic E-state index is 5.96. The number of hydrogen-bond acceptors (Lipinski definition) is 3. The van der Waals surface area contributed by atoms with Crippen molar-refractivity contribution in [3.63, 3.8) is 0 Å². The van der Waals surface area contributed by atoms with Gasteiger partial charge in [0.05, 0.1) is 30.0 Å². The number of rotatable bonds is 4. The summed E-state index contributed by atoms with van der Waals surface area (Å²) in [5, 5.41) is 1.01. The first-order valence-electron chi connectivity index (χ1n) is 5.26. The summed E-state index contributed by atoms with van der Waals surface area (Å²) in [6, 6.07) is 3.38. The van der Waals surface area contributed by atoms with E-state index >= 15 is 0 Å². The van der Waals surface area contributed by atoms with Crippen molar-refractivity contribution in [2.75, 3.05) is 13.2 Å². The lowest BCUT2D eigenvalue weighted by Crippen LogP contribution is -2.14. The van der Waals surface area contributed by atoms with Crippen LogP contribution in [0.5, 0.6) is 0 Å². The third-order valence-electron chi connectivity index (χ3n) is 2.45. The van der Waals surface area contributed by atoms with E-state index in [9.17, 15) is 0 Å². The molecular formula is C11H13Cl2NO2. The highest BCUT2D eigenvalue weighted by atomic mass is 35.5. The Morgan fingerprint density at radius 3 is 3.06 bits per heavy atom. The first-order valence-corrected chi connectivity index (χ1v) is 6.01. The van der Waals surface area contributed by atoms with E-state index in [-0.39, 0.29) is 6.10 Å². The van der Waals surface area contributed by atoms with Gasteiger partial charge in [-0.25, -0.2) is 4.98 Å². The molecule has 1 saturated heterocycles. The molecule has 1 fully saturated rings. The van der Waals surface area contributed by atoms with E-state index in [1.165, 1.54) is 0 Å². The van der Waals surface area contributed by atoms with Gasteiger partial charge in [-0.05, 0) is 25.0 Å². The fourth-order valence-electron chi connectivity index (χ4n) is 1.62. The van der Waals surface area contributed by atoms with E-state index in [1.807, 2.05) is 0 Å². The summed E-state index contributed by atoms with van der Waals surface area (Å²) < 4.78 is 10.9. The summed E-state index contributed by atoms with van der Waals surface area (Å²) in [5.41, 5.74) is 0.673. The molecule has 0 bridgehead atoms. The summed E-state index contributed by atoms with van der Waals surface area (Å²) >= 11 is 11.7. The molecule has 0 aromatic carbocycles. The van der Waals surface area contributed by atoms with Gasteiger partial charge in [0.25, 0.3) is 0 Å². The molecule has 0 spiro atoms. The van der Waals surface area contributed by atoms with Gasteiger partial charge < -0.3 is 9.47 Å². The molecule has 5 heteroatoms. The zero-order valence-corrected chi connectivity index (χ0v) is 10.3. The molecule has 88 valence electrons. The Labute approximate surface area is 105 Å². The van der Waals surface area contributed by atoms with Gasteiger partial charge in [-0.1, -0.05) is 23.2 Å². The molecule has 1 aliphatic heterocycles. The lowest BCUT2D eigenvalue weighted by molar-refractivity contribution is 0.00968. The first-order chi connectivity index (χ1) is 7.75. The van der Waals surface area contributed by atoms with Crippen molar-refractivity contribution in [2.45, 2.75) is 25.6 Å². The zero-order valence-electron chi connectivity index (χ0n) is 8.79. The maximum absolute atomic E-state index is 5.96. The van der Waals surface area contributed by atoms with Gasteiger partial charge in [-0.2, -0.15) is 0 Å². The van der Waals surface area contributed by atoms with Crippen LogP contribution in [0.1, 0.15) is 18.5 Å². The van der Waals surface area contributed by atoms with Gasteiger partial charge in [0.2, 0.25) is 0 Å². The molecule has 0 amide bonds. The molecule has 0 radical (unpaired) electrons. The van der Waals surface area contributed by atoms with Crippen LogP contribution >= 0.6 is 23.2 Å². The molecule has 1 unspecified atom stereocenters. The molecule has 2 rings (SSSR count). The number of aromatic nitrogens is 1. The molecule has 1 atom stereocenters. The van der Waals surface area contributed by atoms with Crippen LogP contribution in [0, 0.1) is 0 Å². The second-order valence-corrected chi connectivity index (χ2v) is 4.51. The Hall–Kier alpha value is -0.350. The maximum Gasteiger partial charge on any atom is 0.129 e. The average molecular weight is 262 g/mol. The quantitative estimate of drug-likeness (QED) is 0.781. The molecule has 3 nitrogen and oxygen atoms in total. The van der Waals surface area contributed by atoms with E-state index in [0.29, 0.717) is 29.1 Å². The Morgan fingerprint density at radius 1 is 1.44 bits per heavy atom. The van der Waals surface area contributed by atoms with Crippen molar-refractivity contribution in [3.05, 3.63) is 28.0 Å². The van der Waals surface area contributed by atoms with Crippen LogP contribution in [0.15, 0.2) is 12.1 Å². The highest BCUT2D eigenvalue weighted by Crippen LogP contribution is 2.18. The van der Waals surface area contributed by atoms with Crippen molar-refractivity contribution in [3.8, 4) is 0 Å². The number of ether oxygens (including phenoxy) is 2. The van der Waals surface area contributed by atoms with E-state index in [1.54, 1.807) is 12.1 Å². The lowest BCUT2D eigenvalue weighted by atomic mass is 10.2. The number of hydrogen-bond donors (Lipinski definition) is 0. The van der Waals surface area contributed by atoms with Gasteiger partial charge in [0, 0.05) is 6.61 Å². The van der Waals surface area contributed by atoms with Gasteiger partial charge in [-0.15, -0.1) is 0 Å². The molecule has 0 saturated carbocycles. The van der Waals surface area contributed by atoms with Crippen molar-refractivity contribution < 1.29 is 9.47 Å². The van der Waals surface area contributed by atoms with Gasteiger partial charge in [0.1, 0.15) is 5.15 Å². The standard InChI is InChI=1S/C11H13Cl2NO2/c12-9-3-4-11(13)14-10(9)7-15-6-8-2-1-5-16-8/h3-4,8H,1-2,5-7H2. The monoisotopic (exact) mass is 261 g/mol. The SMILES string of the molecule is Clc1ccc(Cl)c(COCC2CCCO2)n1. The van der Waals surface area contributed by atoms with Crippen LogP contribution in [0.3, 0.4) is 0 Å². The van der Waals surface area contributed by atoms with Crippen molar-refractivity contribution in [1.82, 2.24) is 4.98 Å². The van der Waals surface area contributed by atoms with Crippen LogP contribution in [0.4, 0.5) is 0 Å². The van der Waals surface area contributed by atoms with E-state index < -0.39 is 0 Å². The minimum Gasteiger partial charge on any atom is -0.376 e. The van der Waals surface area contributed by atoms with Crippen LogP contribution < -0.4 is 0 Å². The molecule has 0 aliphatic carbocycles. The minimum absolute atomic E-state index is 0.220. The van der Waals surface area contributed by atoms with Crippen molar-refractivity contribution in [1.29, 1.82) is 0 Å². The third-order valence-corrected chi connectivity index (χ3v) is 3.01. The van der Waals surface area contributed by atoms with E-state index in [4.69, 9.17) is 32.7 Å². The van der Waals surface area contributed by atoms with Gasteiger partial charge >= 0.3 is 0 Å². The average Bonchev–Trinajstić information content (AvgIpc) is 2.76. The molecular weight excluding hydrogens is 249 g/mol. The Kier molecular flexibility index (Phi) is 4.41. The van der Waals surface area contributed by atoms with Gasteiger partial charge in [0.15, 0.2) is 0 Å². The molecule has 1 aromatic rings. The Morgan fingerprint density at radius 2 is 2.31 bits per heavy atom. The lowest BCUT2D eigenvalue weighted by Gasteiger charge is -2.10. The van der Waals surface area contributed by atoms with Crippen LogP contribution in [-0.2, 0) is 16.1 Å². The number of halogens is 2. The predicted molar refractivity (Wildman–Crippen MR) is 62.9 cm³/mol. The highest BCUT2D eigenvalue weighted by Gasteiger charge is 2.15. The normalized spacial score (nSPS) is 20.2. The fourth-order valence-corrected chi connectivity index (χ4v) is 1.95. The first kappa shape index (κ1) is 12.1. The minimum atomic E-state index is 0.220. The van der Waals surface area contributed by atoms with Crippen LogP contribution in [0.2, 0.25) is 10.2 Å². The largest absolute Gasteiger partial charge is 0.376 e. The Balaban J connectivity index is 1.82. The smallest absolute Gasteiger partial charge is 0.129 e. The number of nitrogens with zero attached hydrogens (tertiary/aromatic N) is 1. The Bertz CT molecular complexity index is 354. The third kappa shape index (κ3) is 3.32. The topological polar surface area (TPSA) is 31.4 Å². The highest BCUT2D eigenvalue weighted by molar-refractivity contribution is 6.32. The van der Waals surface area contributed by atoms with Crippen molar-refractivity contribution in [2.24, 2.45) is 0 Å². The number of pyridine rings is 1. The molecule has 1 aromatic heterocycles. The summed E-state index contributed by atoms with van der Waals surface area (Å²) in [5.74, 6) is 0. The van der Waals surface area contributed by atoms with E-state index in [2.05, 4.69) is 4.98 Å². The molecule has 16 heavy (non-hydrogen) atoms. The summed E-state index contributed by atoms with van der Waals surface area (Å²) in [6.07, 6.45) is 2.40. The van der Waals surface area contributed by atoms with Crippen molar-refractivity contribution >= 4 is 23.2 Å².